The van der Waals surface area contributed by atoms with Crippen LogP contribution < -0.4 is 0 Å². The summed E-state index contributed by atoms with van der Waals surface area (Å²) in [5, 5.41) is 8.90. The van der Waals surface area contributed by atoms with Crippen molar-refractivity contribution in [1.82, 2.24) is 4.90 Å². The Labute approximate surface area is 67.0 Å². The number of hydrogen-bond acceptors (Lipinski definition) is 2. The van der Waals surface area contributed by atoms with Gasteiger partial charge < -0.3 is 10.0 Å². The quantitative estimate of drug-likeness (QED) is 0.563. The monoisotopic (exact) mass is 155 g/mol. The molecule has 0 aliphatic heterocycles. The molecule has 0 rings (SSSR count). The summed E-state index contributed by atoms with van der Waals surface area (Å²) in [7, 11) is 1.61. The second-order valence-corrected chi connectivity index (χ2v) is 2.41. The van der Waals surface area contributed by atoms with Crippen molar-refractivity contribution < 1.29 is 9.90 Å². The zero-order valence-electron chi connectivity index (χ0n) is 7.09. The lowest BCUT2D eigenvalue weighted by atomic mass is 10.3. The molecule has 0 aliphatic carbocycles. The molecule has 0 fully saturated rings. The molecular weight excluding hydrogens is 142 g/mol. The van der Waals surface area contributed by atoms with Gasteiger partial charge in [-0.3, -0.25) is 4.79 Å². The lowest BCUT2D eigenvalue weighted by Gasteiger charge is -2.14. The summed E-state index contributed by atoms with van der Waals surface area (Å²) < 4.78 is 0. The maximum Gasteiger partial charge on any atom is 0.298 e. The maximum atomic E-state index is 10.9. The van der Waals surface area contributed by atoms with Crippen molar-refractivity contribution in [2.75, 3.05) is 13.6 Å². The summed E-state index contributed by atoms with van der Waals surface area (Å²) in [6.45, 7) is 3.56. The highest BCUT2D eigenvalue weighted by Gasteiger charge is 2.06. The van der Waals surface area contributed by atoms with Crippen LogP contribution in [0.4, 0.5) is 0 Å². The van der Waals surface area contributed by atoms with Gasteiger partial charge in [0.2, 0.25) is 0 Å². The lowest BCUT2D eigenvalue weighted by Crippen LogP contribution is -2.31. The molecule has 0 aliphatic rings. The van der Waals surface area contributed by atoms with Gasteiger partial charge >= 0.3 is 0 Å². The Morgan fingerprint density at radius 1 is 1.73 bits per heavy atom. The molecule has 0 spiro atoms. The van der Waals surface area contributed by atoms with E-state index in [-0.39, 0.29) is 5.91 Å². The van der Waals surface area contributed by atoms with Crippen molar-refractivity contribution in [2.45, 2.75) is 20.0 Å². The molecular formula is C8H13NO2. The number of carbonyl (C=O) groups is 1. The number of hydrogen-bond donors (Lipinski definition) is 1. The van der Waals surface area contributed by atoms with Gasteiger partial charge in [0, 0.05) is 13.6 Å². The predicted molar refractivity (Wildman–Crippen MR) is 42.8 cm³/mol. The van der Waals surface area contributed by atoms with Crippen molar-refractivity contribution in [3.63, 3.8) is 0 Å². The highest BCUT2D eigenvalue weighted by Crippen LogP contribution is 1.87. The van der Waals surface area contributed by atoms with Gasteiger partial charge in [0.1, 0.15) is 0 Å². The lowest BCUT2D eigenvalue weighted by molar-refractivity contribution is -0.124. The van der Waals surface area contributed by atoms with E-state index in [9.17, 15) is 4.79 Å². The normalized spacial score (nSPS) is 11.3. The molecule has 0 aromatic carbocycles. The Morgan fingerprint density at radius 2 is 2.27 bits per heavy atom. The molecule has 0 unspecified atom stereocenters. The first-order valence-electron chi connectivity index (χ1n) is 3.43. The largest absolute Gasteiger partial charge is 0.392 e. The number of nitrogens with zero attached hydrogens (tertiary/aromatic N) is 1. The SMILES string of the molecule is CC#CC(=O)N(C)C[C@@H](C)O. The van der Waals surface area contributed by atoms with Gasteiger partial charge in [0.25, 0.3) is 5.91 Å². The van der Waals surface area contributed by atoms with Crippen LogP contribution in [0, 0.1) is 11.8 Å². The fraction of sp³-hybridized carbons (Fsp3) is 0.625. The molecule has 0 aromatic rings. The summed E-state index contributed by atoms with van der Waals surface area (Å²) in [4.78, 5) is 12.3. The molecule has 62 valence electrons. The Morgan fingerprint density at radius 3 is 2.64 bits per heavy atom. The van der Waals surface area contributed by atoms with Crippen molar-refractivity contribution in [3.05, 3.63) is 0 Å². The van der Waals surface area contributed by atoms with Crippen LogP contribution in [-0.4, -0.2) is 35.6 Å². The van der Waals surface area contributed by atoms with Gasteiger partial charge in [0.05, 0.1) is 6.10 Å². The molecule has 0 aromatic heterocycles. The summed E-state index contributed by atoms with van der Waals surface area (Å²) in [6.07, 6.45) is -0.498. The van der Waals surface area contributed by atoms with E-state index in [1.165, 1.54) is 4.90 Å². The second-order valence-electron chi connectivity index (χ2n) is 2.41. The van der Waals surface area contributed by atoms with E-state index in [1.54, 1.807) is 20.9 Å². The molecule has 1 amide bonds. The van der Waals surface area contributed by atoms with Crippen molar-refractivity contribution in [3.8, 4) is 11.8 Å². The van der Waals surface area contributed by atoms with E-state index < -0.39 is 6.10 Å². The molecule has 3 nitrogen and oxygen atoms in total. The first-order chi connectivity index (χ1) is 5.07. The van der Waals surface area contributed by atoms with Gasteiger partial charge in [-0.1, -0.05) is 5.92 Å². The van der Waals surface area contributed by atoms with Crippen LogP contribution >= 0.6 is 0 Å². The first kappa shape index (κ1) is 9.99. The molecule has 0 bridgehead atoms. The van der Waals surface area contributed by atoms with Crippen molar-refractivity contribution >= 4 is 5.91 Å². The number of amides is 1. The van der Waals surface area contributed by atoms with Crippen LogP contribution in [0.2, 0.25) is 0 Å². The van der Waals surface area contributed by atoms with Crippen molar-refractivity contribution in [2.24, 2.45) is 0 Å². The summed E-state index contributed by atoms with van der Waals surface area (Å²) in [5.74, 6) is 4.62. The van der Waals surface area contributed by atoms with Crippen LogP contribution in [0.25, 0.3) is 0 Å². The standard InChI is InChI=1S/C8H13NO2/c1-4-5-8(11)9(3)6-7(2)10/h7,10H,6H2,1-3H3/t7-/m1/s1. The zero-order chi connectivity index (χ0) is 8.85. The van der Waals surface area contributed by atoms with Crippen LogP contribution in [-0.2, 0) is 4.79 Å². The van der Waals surface area contributed by atoms with Crippen LogP contribution in [0.5, 0.6) is 0 Å². The number of likely N-dealkylation sites (N-methyl/N-ethyl adjacent to an activating group) is 1. The number of rotatable bonds is 2. The van der Waals surface area contributed by atoms with E-state index in [2.05, 4.69) is 11.8 Å². The molecule has 1 N–H and O–H groups in total. The minimum Gasteiger partial charge on any atom is -0.392 e. The van der Waals surface area contributed by atoms with Crippen LogP contribution in [0.1, 0.15) is 13.8 Å². The topological polar surface area (TPSA) is 40.5 Å². The fourth-order valence-corrected chi connectivity index (χ4v) is 0.682. The molecule has 1 atom stereocenters. The van der Waals surface area contributed by atoms with Crippen LogP contribution in [0.3, 0.4) is 0 Å². The van der Waals surface area contributed by atoms with Gasteiger partial charge in [-0.2, -0.15) is 0 Å². The van der Waals surface area contributed by atoms with Gasteiger partial charge in [0.15, 0.2) is 0 Å². The Kier molecular flexibility index (Phi) is 4.32. The van der Waals surface area contributed by atoms with Gasteiger partial charge in [-0.25, -0.2) is 0 Å². The third-order valence-electron chi connectivity index (χ3n) is 1.12. The Bertz CT molecular complexity index is 188. The van der Waals surface area contributed by atoms with E-state index in [4.69, 9.17) is 5.11 Å². The number of carbonyl (C=O) groups excluding carboxylic acids is 1. The average Bonchev–Trinajstić information content (AvgIpc) is 1.86. The van der Waals surface area contributed by atoms with Gasteiger partial charge in [-0.15, -0.1) is 0 Å². The number of aliphatic hydroxyl groups excluding tert-OH is 1. The minimum atomic E-state index is -0.498. The molecule has 0 radical (unpaired) electrons. The second kappa shape index (κ2) is 4.75. The summed E-state index contributed by atoms with van der Waals surface area (Å²) in [5.41, 5.74) is 0. The van der Waals surface area contributed by atoms with E-state index >= 15 is 0 Å². The van der Waals surface area contributed by atoms with E-state index in [1.807, 2.05) is 0 Å². The van der Waals surface area contributed by atoms with E-state index in [0.717, 1.165) is 0 Å². The van der Waals surface area contributed by atoms with E-state index in [0.29, 0.717) is 6.54 Å². The smallest absolute Gasteiger partial charge is 0.298 e. The fourth-order valence-electron chi connectivity index (χ4n) is 0.682. The molecule has 3 heteroatoms. The van der Waals surface area contributed by atoms with Gasteiger partial charge in [-0.05, 0) is 19.8 Å². The number of aliphatic hydroxyl groups is 1. The Balaban J connectivity index is 3.89. The molecule has 0 heterocycles. The minimum absolute atomic E-state index is 0.256. The summed E-state index contributed by atoms with van der Waals surface area (Å²) in [6, 6.07) is 0. The predicted octanol–water partition coefficient (Wildman–Crippen LogP) is -0.151. The highest BCUT2D eigenvalue weighted by atomic mass is 16.3. The average molecular weight is 155 g/mol. The van der Waals surface area contributed by atoms with Crippen molar-refractivity contribution in [1.29, 1.82) is 0 Å². The maximum absolute atomic E-state index is 10.9. The third kappa shape index (κ3) is 4.40. The molecule has 11 heavy (non-hydrogen) atoms. The van der Waals surface area contributed by atoms with Crippen LogP contribution in [0.15, 0.2) is 0 Å². The summed E-state index contributed by atoms with van der Waals surface area (Å²) >= 11 is 0. The zero-order valence-corrected chi connectivity index (χ0v) is 7.09. The first-order valence-corrected chi connectivity index (χ1v) is 3.43. The Hall–Kier alpha value is -1.01. The highest BCUT2D eigenvalue weighted by molar-refractivity contribution is 5.93. The molecule has 0 saturated carbocycles. The third-order valence-corrected chi connectivity index (χ3v) is 1.12. The molecule has 0 saturated heterocycles.